The lowest BCUT2D eigenvalue weighted by atomic mass is 10.1. The zero-order valence-electron chi connectivity index (χ0n) is 12.7. The summed E-state index contributed by atoms with van der Waals surface area (Å²) in [7, 11) is 1.55. The molecule has 0 bridgehead atoms. The maximum atomic E-state index is 12.3. The highest BCUT2D eigenvalue weighted by Gasteiger charge is 2.12. The molecule has 0 atom stereocenters. The molecule has 2 aromatic carbocycles. The minimum Gasteiger partial charge on any atom is -0.493 e. The van der Waals surface area contributed by atoms with Crippen molar-refractivity contribution in [1.82, 2.24) is 0 Å². The Hall–Kier alpha value is -2.20. The number of benzene rings is 2. The molecule has 0 fully saturated rings. The molecule has 2 aromatic rings. The van der Waals surface area contributed by atoms with Crippen LogP contribution in [0.1, 0.15) is 24.2 Å². The summed E-state index contributed by atoms with van der Waals surface area (Å²) in [6.45, 7) is 3.86. The fourth-order valence-electron chi connectivity index (χ4n) is 1.90. The van der Waals surface area contributed by atoms with Crippen LogP contribution in [0.5, 0.6) is 11.5 Å². The van der Waals surface area contributed by atoms with E-state index in [-0.39, 0.29) is 12.0 Å². The highest BCUT2D eigenvalue weighted by atomic mass is 35.5. The molecule has 22 heavy (non-hydrogen) atoms. The van der Waals surface area contributed by atoms with Gasteiger partial charge >= 0.3 is 0 Å². The molecular formula is C17H18ClNO3. The summed E-state index contributed by atoms with van der Waals surface area (Å²) in [5.41, 5.74) is 1.17. The van der Waals surface area contributed by atoms with E-state index in [1.807, 2.05) is 13.8 Å². The number of nitrogens with one attached hydrogen (secondary N) is 1. The van der Waals surface area contributed by atoms with Gasteiger partial charge in [-0.05, 0) is 56.3 Å². The number of hydrogen-bond donors (Lipinski definition) is 1. The minimum atomic E-state index is -0.225. The first kappa shape index (κ1) is 16.2. The van der Waals surface area contributed by atoms with Crippen molar-refractivity contribution in [3.8, 4) is 11.5 Å². The largest absolute Gasteiger partial charge is 0.493 e. The average Bonchev–Trinajstić information content (AvgIpc) is 2.49. The van der Waals surface area contributed by atoms with E-state index >= 15 is 0 Å². The van der Waals surface area contributed by atoms with Crippen molar-refractivity contribution in [1.29, 1.82) is 0 Å². The van der Waals surface area contributed by atoms with Crippen molar-refractivity contribution >= 4 is 23.2 Å². The van der Waals surface area contributed by atoms with E-state index in [2.05, 4.69) is 5.32 Å². The molecule has 0 aliphatic rings. The second kappa shape index (κ2) is 7.18. The lowest BCUT2D eigenvalue weighted by Crippen LogP contribution is -2.12. The summed E-state index contributed by atoms with van der Waals surface area (Å²) in [6, 6.07) is 12.0. The van der Waals surface area contributed by atoms with E-state index in [9.17, 15) is 4.79 Å². The fourth-order valence-corrected chi connectivity index (χ4v) is 2.02. The van der Waals surface area contributed by atoms with E-state index in [1.54, 1.807) is 49.6 Å². The van der Waals surface area contributed by atoms with Crippen LogP contribution in [0.4, 0.5) is 5.69 Å². The van der Waals surface area contributed by atoms with Crippen molar-refractivity contribution in [3.05, 3.63) is 53.1 Å². The van der Waals surface area contributed by atoms with Crippen LogP contribution in [0, 0.1) is 0 Å². The van der Waals surface area contributed by atoms with Crippen LogP contribution in [-0.2, 0) is 0 Å². The highest BCUT2D eigenvalue weighted by molar-refractivity contribution is 6.30. The lowest BCUT2D eigenvalue weighted by Gasteiger charge is -2.14. The van der Waals surface area contributed by atoms with Gasteiger partial charge in [-0.25, -0.2) is 0 Å². The third-order valence-corrected chi connectivity index (χ3v) is 3.14. The van der Waals surface area contributed by atoms with Gasteiger partial charge < -0.3 is 14.8 Å². The Balaban J connectivity index is 2.17. The lowest BCUT2D eigenvalue weighted by molar-refractivity contribution is 0.102. The normalized spacial score (nSPS) is 10.4. The Bertz CT molecular complexity index is 653. The zero-order chi connectivity index (χ0) is 16.1. The van der Waals surface area contributed by atoms with Gasteiger partial charge in [-0.1, -0.05) is 11.6 Å². The van der Waals surface area contributed by atoms with Gasteiger partial charge in [-0.15, -0.1) is 0 Å². The van der Waals surface area contributed by atoms with Crippen molar-refractivity contribution < 1.29 is 14.3 Å². The van der Waals surface area contributed by atoms with Crippen LogP contribution < -0.4 is 14.8 Å². The predicted molar refractivity (Wildman–Crippen MR) is 88.2 cm³/mol. The summed E-state index contributed by atoms with van der Waals surface area (Å²) in [4.78, 5) is 12.3. The molecule has 0 aliphatic heterocycles. The van der Waals surface area contributed by atoms with E-state index in [0.717, 1.165) is 0 Å². The summed E-state index contributed by atoms with van der Waals surface area (Å²) in [5.74, 6) is 0.912. The molecular weight excluding hydrogens is 302 g/mol. The van der Waals surface area contributed by atoms with Gasteiger partial charge in [0.1, 0.15) is 0 Å². The van der Waals surface area contributed by atoms with E-state index in [0.29, 0.717) is 27.8 Å². The van der Waals surface area contributed by atoms with Crippen LogP contribution in [0.25, 0.3) is 0 Å². The second-order valence-corrected chi connectivity index (χ2v) is 5.43. The quantitative estimate of drug-likeness (QED) is 0.889. The average molecular weight is 320 g/mol. The van der Waals surface area contributed by atoms with E-state index in [1.165, 1.54) is 0 Å². The third-order valence-electron chi connectivity index (χ3n) is 2.89. The molecule has 116 valence electrons. The number of halogens is 1. The Kier molecular flexibility index (Phi) is 5.28. The standard InChI is InChI=1S/C17H18ClNO3/c1-11(2)22-15-9-4-12(10-16(15)21-3)17(20)19-14-7-5-13(18)6-8-14/h4-11H,1-3H3,(H,19,20). The number of rotatable bonds is 5. The first-order chi connectivity index (χ1) is 10.5. The number of carbonyl (C=O) groups excluding carboxylic acids is 1. The summed E-state index contributed by atoms with van der Waals surface area (Å²) in [5, 5.41) is 3.42. The molecule has 2 rings (SSSR count). The summed E-state index contributed by atoms with van der Waals surface area (Å²) < 4.78 is 10.9. The molecule has 0 heterocycles. The van der Waals surface area contributed by atoms with Crippen LogP contribution in [0.2, 0.25) is 5.02 Å². The molecule has 0 saturated heterocycles. The Morgan fingerprint density at radius 2 is 1.77 bits per heavy atom. The maximum Gasteiger partial charge on any atom is 0.255 e. The van der Waals surface area contributed by atoms with Crippen LogP contribution in [0.15, 0.2) is 42.5 Å². The zero-order valence-corrected chi connectivity index (χ0v) is 13.5. The number of ether oxygens (including phenoxy) is 2. The number of anilines is 1. The van der Waals surface area contributed by atoms with Gasteiger partial charge in [0.2, 0.25) is 0 Å². The topological polar surface area (TPSA) is 47.6 Å². The Morgan fingerprint density at radius 1 is 1.09 bits per heavy atom. The monoisotopic (exact) mass is 319 g/mol. The summed E-state index contributed by atoms with van der Waals surface area (Å²) >= 11 is 5.82. The molecule has 0 spiro atoms. The maximum absolute atomic E-state index is 12.3. The number of amides is 1. The second-order valence-electron chi connectivity index (χ2n) is 4.99. The van der Waals surface area contributed by atoms with E-state index < -0.39 is 0 Å². The molecule has 0 radical (unpaired) electrons. The van der Waals surface area contributed by atoms with Gasteiger partial charge in [-0.3, -0.25) is 4.79 Å². The SMILES string of the molecule is COc1cc(C(=O)Nc2ccc(Cl)cc2)ccc1OC(C)C. The van der Waals surface area contributed by atoms with Gasteiger partial charge in [-0.2, -0.15) is 0 Å². The van der Waals surface area contributed by atoms with Crippen molar-refractivity contribution in [2.24, 2.45) is 0 Å². The molecule has 1 N–H and O–H groups in total. The van der Waals surface area contributed by atoms with Crippen molar-refractivity contribution in [2.75, 3.05) is 12.4 Å². The van der Waals surface area contributed by atoms with Gasteiger partial charge in [0, 0.05) is 16.3 Å². The molecule has 0 aromatic heterocycles. The van der Waals surface area contributed by atoms with Crippen LogP contribution in [-0.4, -0.2) is 19.1 Å². The fraction of sp³-hybridized carbons (Fsp3) is 0.235. The number of methoxy groups -OCH3 is 1. The van der Waals surface area contributed by atoms with Crippen LogP contribution >= 0.6 is 11.6 Å². The Labute approximate surface area is 135 Å². The summed E-state index contributed by atoms with van der Waals surface area (Å²) in [6.07, 6.45) is 0.0302. The highest BCUT2D eigenvalue weighted by Crippen LogP contribution is 2.29. The van der Waals surface area contributed by atoms with Gasteiger partial charge in [0.15, 0.2) is 11.5 Å². The minimum absolute atomic E-state index is 0.0302. The third kappa shape index (κ3) is 4.15. The van der Waals surface area contributed by atoms with Gasteiger partial charge in [0.25, 0.3) is 5.91 Å². The molecule has 0 aliphatic carbocycles. The van der Waals surface area contributed by atoms with Crippen molar-refractivity contribution in [2.45, 2.75) is 20.0 Å². The predicted octanol–water partition coefficient (Wildman–Crippen LogP) is 4.39. The van der Waals surface area contributed by atoms with Crippen molar-refractivity contribution in [3.63, 3.8) is 0 Å². The molecule has 1 amide bonds. The first-order valence-electron chi connectivity index (χ1n) is 6.91. The van der Waals surface area contributed by atoms with E-state index in [4.69, 9.17) is 21.1 Å². The molecule has 0 unspecified atom stereocenters. The number of carbonyl (C=O) groups is 1. The first-order valence-corrected chi connectivity index (χ1v) is 7.29. The Morgan fingerprint density at radius 3 is 2.36 bits per heavy atom. The molecule has 5 heteroatoms. The smallest absolute Gasteiger partial charge is 0.255 e. The number of hydrogen-bond acceptors (Lipinski definition) is 3. The van der Waals surface area contributed by atoms with Crippen LogP contribution in [0.3, 0.4) is 0 Å². The van der Waals surface area contributed by atoms with Gasteiger partial charge in [0.05, 0.1) is 13.2 Å². The molecule has 4 nitrogen and oxygen atoms in total. The molecule has 0 saturated carbocycles.